The Bertz CT molecular complexity index is 601. The molecule has 21 heavy (non-hydrogen) atoms. The zero-order valence-corrected chi connectivity index (χ0v) is 12.3. The lowest BCUT2D eigenvalue weighted by Crippen LogP contribution is -2.56. The summed E-state index contributed by atoms with van der Waals surface area (Å²) in [5.41, 5.74) is 1.31. The van der Waals surface area contributed by atoms with Crippen molar-refractivity contribution >= 4 is 11.8 Å². The van der Waals surface area contributed by atoms with Gasteiger partial charge in [0.1, 0.15) is 11.4 Å². The molecule has 2 atom stereocenters. The summed E-state index contributed by atoms with van der Waals surface area (Å²) in [4.78, 5) is 24.6. The summed E-state index contributed by atoms with van der Waals surface area (Å²) in [6.07, 6.45) is 4.47. The molecule has 4 bridgehead atoms. The number of ketones is 1. The van der Waals surface area contributed by atoms with Crippen LogP contribution in [0, 0.1) is 24.7 Å². The molecule has 0 saturated heterocycles. The molecule has 110 valence electrons. The molecule has 4 fully saturated rings. The summed E-state index contributed by atoms with van der Waals surface area (Å²) in [6, 6.07) is 7.53. The smallest absolute Gasteiger partial charge is 0.338 e. The maximum Gasteiger partial charge on any atom is 0.338 e. The zero-order chi connectivity index (χ0) is 14.6. The second-order valence-corrected chi connectivity index (χ2v) is 7.19. The van der Waals surface area contributed by atoms with Gasteiger partial charge in [0, 0.05) is 11.8 Å². The van der Waals surface area contributed by atoms with Crippen LogP contribution >= 0.6 is 0 Å². The highest BCUT2D eigenvalue weighted by Gasteiger charge is 2.57. The van der Waals surface area contributed by atoms with Crippen LogP contribution in [-0.2, 0) is 9.53 Å². The first kappa shape index (κ1) is 13.1. The zero-order valence-electron chi connectivity index (χ0n) is 12.3. The molecule has 4 saturated carbocycles. The fourth-order valence-electron chi connectivity index (χ4n) is 4.83. The number of esters is 1. The van der Waals surface area contributed by atoms with Gasteiger partial charge in [-0.1, -0.05) is 17.7 Å². The van der Waals surface area contributed by atoms with Gasteiger partial charge >= 0.3 is 5.97 Å². The molecule has 0 N–H and O–H groups in total. The fourth-order valence-corrected chi connectivity index (χ4v) is 4.83. The van der Waals surface area contributed by atoms with Crippen LogP contribution in [0.3, 0.4) is 0 Å². The number of benzene rings is 1. The van der Waals surface area contributed by atoms with Crippen LogP contribution in [0.2, 0.25) is 0 Å². The third kappa shape index (κ3) is 2.10. The molecule has 5 rings (SSSR count). The molecule has 1 aromatic rings. The maximum absolute atomic E-state index is 12.5. The van der Waals surface area contributed by atoms with Gasteiger partial charge in [0.2, 0.25) is 0 Å². The molecular weight excluding hydrogens is 264 g/mol. The number of Topliss-reactive ketones (excluding diaryl/α,β-unsaturated/α-hetero) is 1. The van der Waals surface area contributed by atoms with Crippen LogP contribution in [0.25, 0.3) is 0 Å². The van der Waals surface area contributed by atoms with Crippen molar-refractivity contribution in [1.82, 2.24) is 0 Å². The van der Waals surface area contributed by atoms with Crippen molar-refractivity contribution in [3.63, 3.8) is 0 Å². The van der Waals surface area contributed by atoms with Crippen molar-refractivity contribution < 1.29 is 14.3 Å². The summed E-state index contributed by atoms with van der Waals surface area (Å²) in [6.45, 7) is 1.97. The second-order valence-electron chi connectivity index (χ2n) is 7.19. The number of carbonyl (C=O) groups is 2. The normalized spacial score (nSPS) is 36.8. The lowest BCUT2D eigenvalue weighted by molar-refractivity contribution is -0.162. The number of carbonyl (C=O) groups excluding carboxylic acids is 2. The third-order valence-corrected chi connectivity index (χ3v) is 5.50. The van der Waals surface area contributed by atoms with Crippen molar-refractivity contribution in [2.24, 2.45) is 17.8 Å². The van der Waals surface area contributed by atoms with E-state index in [1.54, 1.807) is 6.07 Å². The topological polar surface area (TPSA) is 43.4 Å². The second kappa shape index (κ2) is 4.43. The fraction of sp³-hybridized carbons (Fsp3) is 0.556. The van der Waals surface area contributed by atoms with Crippen LogP contribution in [0.15, 0.2) is 24.3 Å². The SMILES string of the molecule is Cc1cccc(C(=O)OC23CC4CC(C2)C(=O)C(C4)C3)c1. The van der Waals surface area contributed by atoms with Gasteiger partial charge in [-0.05, 0) is 57.1 Å². The Morgan fingerprint density at radius 3 is 2.57 bits per heavy atom. The van der Waals surface area contributed by atoms with Crippen molar-refractivity contribution in [2.75, 3.05) is 0 Å². The van der Waals surface area contributed by atoms with E-state index < -0.39 is 0 Å². The Balaban J connectivity index is 1.57. The van der Waals surface area contributed by atoms with E-state index in [1.807, 2.05) is 25.1 Å². The summed E-state index contributed by atoms with van der Waals surface area (Å²) >= 11 is 0. The average Bonchev–Trinajstić information content (AvgIpc) is 2.43. The number of ether oxygens (including phenoxy) is 1. The minimum Gasteiger partial charge on any atom is -0.455 e. The molecule has 4 aliphatic carbocycles. The molecule has 2 unspecified atom stereocenters. The number of hydrogen-bond donors (Lipinski definition) is 0. The van der Waals surface area contributed by atoms with Crippen LogP contribution in [0.1, 0.15) is 48.0 Å². The van der Waals surface area contributed by atoms with E-state index in [9.17, 15) is 9.59 Å². The minimum absolute atomic E-state index is 0.140. The first-order chi connectivity index (χ1) is 10.0. The van der Waals surface area contributed by atoms with Gasteiger partial charge in [-0.3, -0.25) is 4.79 Å². The molecule has 4 aliphatic rings. The predicted octanol–water partition coefficient (Wildman–Crippen LogP) is 3.30. The van der Waals surface area contributed by atoms with Crippen molar-refractivity contribution in [3.8, 4) is 0 Å². The summed E-state index contributed by atoms with van der Waals surface area (Å²) in [5.74, 6) is 1.05. The molecule has 0 heterocycles. The molecule has 0 spiro atoms. The molecular formula is C18H20O3. The van der Waals surface area contributed by atoms with Gasteiger partial charge in [-0.2, -0.15) is 0 Å². The van der Waals surface area contributed by atoms with Crippen molar-refractivity contribution in [2.45, 2.75) is 44.6 Å². The first-order valence-electron chi connectivity index (χ1n) is 7.88. The summed E-state index contributed by atoms with van der Waals surface area (Å²) < 4.78 is 5.95. The van der Waals surface area contributed by atoms with Gasteiger partial charge in [-0.15, -0.1) is 0 Å². The van der Waals surface area contributed by atoms with Gasteiger partial charge in [0.15, 0.2) is 0 Å². The lowest BCUT2D eigenvalue weighted by atomic mass is 9.53. The molecule has 0 aromatic heterocycles. The molecule has 1 aromatic carbocycles. The number of hydrogen-bond acceptors (Lipinski definition) is 3. The number of aryl methyl sites for hydroxylation is 1. The minimum atomic E-state index is -0.370. The molecule has 3 heteroatoms. The molecule has 3 nitrogen and oxygen atoms in total. The van der Waals surface area contributed by atoms with E-state index in [-0.39, 0.29) is 23.4 Å². The van der Waals surface area contributed by atoms with Gasteiger partial charge in [0.05, 0.1) is 5.56 Å². The summed E-state index contributed by atoms with van der Waals surface area (Å²) in [5, 5.41) is 0. The van der Waals surface area contributed by atoms with E-state index in [0.717, 1.165) is 37.7 Å². The molecule has 0 radical (unpaired) electrons. The average molecular weight is 284 g/mol. The van der Waals surface area contributed by atoms with Crippen LogP contribution in [-0.4, -0.2) is 17.4 Å². The molecule has 0 amide bonds. The van der Waals surface area contributed by atoms with E-state index in [2.05, 4.69) is 0 Å². The Hall–Kier alpha value is -1.64. The Labute approximate surface area is 124 Å². The summed E-state index contributed by atoms with van der Waals surface area (Å²) in [7, 11) is 0. The van der Waals surface area contributed by atoms with Crippen LogP contribution in [0.5, 0.6) is 0 Å². The Kier molecular flexibility index (Phi) is 2.75. The van der Waals surface area contributed by atoms with Crippen molar-refractivity contribution in [1.29, 1.82) is 0 Å². The monoisotopic (exact) mass is 284 g/mol. The highest BCUT2D eigenvalue weighted by atomic mass is 16.6. The largest absolute Gasteiger partial charge is 0.455 e. The highest BCUT2D eigenvalue weighted by molar-refractivity contribution is 5.90. The molecule has 0 aliphatic heterocycles. The van der Waals surface area contributed by atoms with Gasteiger partial charge in [-0.25, -0.2) is 4.79 Å². The number of rotatable bonds is 2. The maximum atomic E-state index is 12.5. The van der Waals surface area contributed by atoms with E-state index >= 15 is 0 Å². The third-order valence-electron chi connectivity index (χ3n) is 5.50. The Morgan fingerprint density at radius 2 is 1.90 bits per heavy atom. The lowest BCUT2D eigenvalue weighted by Gasteiger charge is -2.54. The predicted molar refractivity (Wildman–Crippen MR) is 77.9 cm³/mol. The van der Waals surface area contributed by atoms with Crippen LogP contribution < -0.4 is 0 Å². The first-order valence-corrected chi connectivity index (χ1v) is 7.88. The van der Waals surface area contributed by atoms with E-state index in [4.69, 9.17) is 4.74 Å². The quantitative estimate of drug-likeness (QED) is 0.783. The standard InChI is InChI=1S/C18H20O3/c1-11-3-2-4-13(5-11)17(20)21-18-8-12-6-14(9-18)16(19)15(7-12)10-18/h2-5,12,14-15H,6-10H2,1H3. The van der Waals surface area contributed by atoms with Crippen molar-refractivity contribution in [3.05, 3.63) is 35.4 Å². The van der Waals surface area contributed by atoms with E-state index in [0.29, 0.717) is 17.3 Å². The van der Waals surface area contributed by atoms with Crippen LogP contribution in [0.4, 0.5) is 0 Å². The van der Waals surface area contributed by atoms with E-state index in [1.165, 1.54) is 0 Å². The van der Waals surface area contributed by atoms with Gasteiger partial charge < -0.3 is 4.74 Å². The Morgan fingerprint density at radius 1 is 1.19 bits per heavy atom. The van der Waals surface area contributed by atoms with Gasteiger partial charge in [0.25, 0.3) is 0 Å². The highest BCUT2D eigenvalue weighted by Crippen LogP contribution is 2.55.